The molecule has 2 aliphatic rings. The van der Waals surface area contributed by atoms with Gasteiger partial charge in [-0.15, -0.1) is 6.42 Å². The number of pyridine rings is 1. The van der Waals surface area contributed by atoms with Gasteiger partial charge in [0.2, 0.25) is 0 Å². The average Bonchev–Trinajstić information content (AvgIpc) is 2.53. The van der Waals surface area contributed by atoms with Crippen molar-refractivity contribution in [1.82, 2.24) is 9.88 Å². The zero-order valence-electron chi connectivity index (χ0n) is 13.7. The summed E-state index contributed by atoms with van der Waals surface area (Å²) in [5.41, 5.74) is 3.65. The topological polar surface area (TPSA) is 53.4 Å². The van der Waals surface area contributed by atoms with E-state index in [2.05, 4.69) is 28.8 Å². The van der Waals surface area contributed by atoms with Crippen LogP contribution in [0.3, 0.4) is 0 Å². The van der Waals surface area contributed by atoms with E-state index in [4.69, 9.17) is 6.42 Å². The Bertz CT molecular complexity index is 715. The molecular formula is C19H22N2O2. The number of allylic oxidation sites excluding steroid dienone is 1. The number of carbonyl (C=O) groups is 1. The molecular weight excluding hydrogens is 288 g/mol. The Kier molecular flexibility index (Phi) is 3.99. The second kappa shape index (κ2) is 5.82. The van der Waals surface area contributed by atoms with Gasteiger partial charge in [-0.2, -0.15) is 0 Å². The zero-order chi connectivity index (χ0) is 16.6. The molecule has 0 amide bonds. The molecule has 0 radical (unpaired) electrons. The van der Waals surface area contributed by atoms with Gasteiger partial charge >= 0.3 is 0 Å². The summed E-state index contributed by atoms with van der Waals surface area (Å²) < 4.78 is 0. The molecule has 4 heteroatoms. The molecule has 3 rings (SSSR count). The molecule has 120 valence electrons. The molecule has 23 heavy (non-hydrogen) atoms. The number of fused-ring (bicyclic) bond motifs is 1. The molecule has 1 N–H and O–H groups in total. The van der Waals surface area contributed by atoms with Crippen molar-refractivity contribution in [3.63, 3.8) is 0 Å². The Balaban J connectivity index is 2.08. The highest BCUT2D eigenvalue weighted by Gasteiger charge is 2.33. The summed E-state index contributed by atoms with van der Waals surface area (Å²) in [5, 5.41) is 10.2. The number of ketones is 1. The fourth-order valence-corrected chi connectivity index (χ4v) is 3.30. The average molecular weight is 310 g/mol. The highest BCUT2D eigenvalue weighted by atomic mass is 16.3. The van der Waals surface area contributed by atoms with Crippen molar-refractivity contribution < 1.29 is 9.90 Å². The number of terminal acetylenes is 1. The number of hydrogen-bond donors (Lipinski definition) is 1. The number of aromatic nitrogens is 1. The first-order valence-electron chi connectivity index (χ1n) is 8.15. The second-order valence-electron chi connectivity index (χ2n) is 6.64. The highest BCUT2D eigenvalue weighted by molar-refractivity contribution is 6.10. The van der Waals surface area contributed by atoms with Gasteiger partial charge in [0.15, 0.2) is 5.78 Å². The van der Waals surface area contributed by atoms with Crippen molar-refractivity contribution in [3.05, 3.63) is 34.7 Å². The lowest BCUT2D eigenvalue weighted by molar-refractivity contribution is -0.114. The van der Waals surface area contributed by atoms with E-state index < -0.39 is 5.60 Å². The lowest BCUT2D eigenvalue weighted by Gasteiger charge is -2.40. The smallest absolute Gasteiger partial charge is 0.177 e. The van der Waals surface area contributed by atoms with Crippen LogP contribution in [0.25, 0.3) is 5.70 Å². The third-order valence-electron chi connectivity index (χ3n) is 4.83. The summed E-state index contributed by atoms with van der Waals surface area (Å²) in [6.45, 7) is 5.32. The third-order valence-corrected chi connectivity index (χ3v) is 4.83. The predicted octanol–water partition coefficient (Wildman–Crippen LogP) is 1.96. The van der Waals surface area contributed by atoms with E-state index in [-0.39, 0.29) is 5.78 Å². The first kappa shape index (κ1) is 15.8. The summed E-state index contributed by atoms with van der Waals surface area (Å²) in [5.74, 6) is 2.59. The van der Waals surface area contributed by atoms with E-state index in [1.807, 2.05) is 6.92 Å². The van der Waals surface area contributed by atoms with Crippen molar-refractivity contribution in [2.45, 2.75) is 45.1 Å². The molecule has 0 atom stereocenters. The van der Waals surface area contributed by atoms with Crippen molar-refractivity contribution in [2.24, 2.45) is 0 Å². The first-order chi connectivity index (χ1) is 10.9. The summed E-state index contributed by atoms with van der Waals surface area (Å²) in [7, 11) is 0. The summed E-state index contributed by atoms with van der Waals surface area (Å²) >= 11 is 0. The highest BCUT2D eigenvalue weighted by Crippen LogP contribution is 2.35. The molecule has 0 unspecified atom stereocenters. The Labute approximate surface area is 137 Å². The molecule has 2 heterocycles. The lowest BCUT2D eigenvalue weighted by atomic mass is 9.86. The third kappa shape index (κ3) is 2.89. The standard InChI is InChI=1S/C19H22N2O2/c1-4-14-11-16-13(12-20-14)10-17(22)15(5-2)18(16)21-8-6-19(3,23)7-9-21/h2,11-12,23H,4,6-10H2,1,3H3. The molecule has 1 aromatic heterocycles. The molecule has 1 fully saturated rings. The van der Waals surface area contributed by atoms with Gasteiger partial charge in [0.05, 0.1) is 16.9 Å². The molecule has 1 aliphatic heterocycles. The van der Waals surface area contributed by atoms with Crippen LogP contribution >= 0.6 is 0 Å². The Morgan fingerprint density at radius 3 is 2.74 bits per heavy atom. The van der Waals surface area contributed by atoms with Crippen LogP contribution in [-0.4, -0.2) is 39.5 Å². The van der Waals surface area contributed by atoms with Crippen LogP contribution < -0.4 is 0 Å². The van der Waals surface area contributed by atoms with Gasteiger partial charge in [0, 0.05) is 37.0 Å². The molecule has 1 aliphatic carbocycles. The fourth-order valence-electron chi connectivity index (χ4n) is 3.30. The molecule has 1 aromatic rings. The maximum Gasteiger partial charge on any atom is 0.177 e. The second-order valence-corrected chi connectivity index (χ2v) is 6.64. The van der Waals surface area contributed by atoms with Gasteiger partial charge in [-0.05, 0) is 37.8 Å². The summed E-state index contributed by atoms with van der Waals surface area (Å²) in [4.78, 5) is 19.0. The number of likely N-dealkylation sites (tertiary alicyclic amines) is 1. The normalized spacial score (nSPS) is 20.3. The van der Waals surface area contributed by atoms with Crippen molar-refractivity contribution in [2.75, 3.05) is 13.1 Å². The van der Waals surface area contributed by atoms with E-state index in [1.54, 1.807) is 6.20 Å². The number of aryl methyl sites for hydroxylation is 1. The molecule has 0 spiro atoms. The van der Waals surface area contributed by atoms with E-state index in [9.17, 15) is 9.90 Å². The van der Waals surface area contributed by atoms with Gasteiger partial charge in [0.1, 0.15) is 0 Å². The number of Topliss-reactive ketones (excluding diaryl/α,β-unsaturated/α-hetero) is 1. The van der Waals surface area contributed by atoms with E-state index in [1.165, 1.54) is 0 Å². The van der Waals surface area contributed by atoms with Crippen LogP contribution in [0, 0.1) is 12.3 Å². The fraction of sp³-hybridized carbons (Fsp3) is 0.474. The quantitative estimate of drug-likeness (QED) is 0.849. The maximum absolute atomic E-state index is 12.4. The van der Waals surface area contributed by atoms with Crippen LogP contribution in [0.1, 0.15) is 43.5 Å². The molecule has 0 bridgehead atoms. The predicted molar refractivity (Wildman–Crippen MR) is 89.5 cm³/mol. The number of piperidine rings is 1. The number of aliphatic hydroxyl groups is 1. The van der Waals surface area contributed by atoms with Crippen molar-refractivity contribution >= 4 is 11.5 Å². The Hall–Kier alpha value is -2.12. The summed E-state index contributed by atoms with van der Waals surface area (Å²) in [6.07, 6.45) is 9.96. The van der Waals surface area contributed by atoms with Crippen molar-refractivity contribution in [3.8, 4) is 12.3 Å². The van der Waals surface area contributed by atoms with Gasteiger partial charge in [-0.1, -0.05) is 12.8 Å². The lowest BCUT2D eigenvalue weighted by Crippen LogP contribution is -2.42. The minimum atomic E-state index is -0.637. The van der Waals surface area contributed by atoms with Crippen LogP contribution in [0.4, 0.5) is 0 Å². The molecule has 4 nitrogen and oxygen atoms in total. The van der Waals surface area contributed by atoms with Crippen LogP contribution in [0.15, 0.2) is 17.8 Å². The van der Waals surface area contributed by atoms with Gasteiger partial charge < -0.3 is 10.0 Å². The largest absolute Gasteiger partial charge is 0.390 e. The minimum absolute atomic E-state index is 0.0154. The molecule has 0 saturated carbocycles. The van der Waals surface area contributed by atoms with Gasteiger partial charge in [-0.3, -0.25) is 9.78 Å². The van der Waals surface area contributed by atoms with Crippen LogP contribution in [0.2, 0.25) is 0 Å². The Morgan fingerprint density at radius 2 is 2.13 bits per heavy atom. The minimum Gasteiger partial charge on any atom is -0.390 e. The molecule has 0 aromatic carbocycles. The van der Waals surface area contributed by atoms with E-state index in [0.29, 0.717) is 37.9 Å². The zero-order valence-corrected chi connectivity index (χ0v) is 13.7. The number of nitrogens with zero attached hydrogens (tertiary/aromatic N) is 2. The maximum atomic E-state index is 12.4. The van der Waals surface area contributed by atoms with Crippen LogP contribution in [0.5, 0.6) is 0 Å². The van der Waals surface area contributed by atoms with Gasteiger partial charge in [-0.25, -0.2) is 0 Å². The number of hydrogen-bond acceptors (Lipinski definition) is 4. The number of rotatable bonds is 2. The Morgan fingerprint density at radius 1 is 1.43 bits per heavy atom. The number of carbonyl (C=O) groups excluding carboxylic acids is 1. The van der Waals surface area contributed by atoms with Crippen molar-refractivity contribution in [1.29, 1.82) is 0 Å². The SMILES string of the molecule is C#CC1=C(N2CCC(C)(O)CC2)c2cc(CC)ncc2CC1=O. The van der Waals surface area contributed by atoms with E-state index in [0.717, 1.165) is 28.9 Å². The first-order valence-corrected chi connectivity index (χ1v) is 8.15. The monoisotopic (exact) mass is 310 g/mol. The molecule has 1 saturated heterocycles. The van der Waals surface area contributed by atoms with Crippen LogP contribution in [-0.2, 0) is 17.6 Å². The van der Waals surface area contributed by atoms with Gasteiger partial charge in [0.25, 0.3) is 0 Å². The van der Waals surface area contributed by atoms with E-state index >= 15 is 0 Å². The summed E-state index contributed by atoms with van der Waals surface area (Å²) in [6, 6.07) is 2.06.